The molecule has 0 bridgehead atoms. The minimum Gasteiger partial charge on any atom is -0.316 e. The van der Waals surface area contributed by atoms with Gasteiger partial charge in [-0.1, -0.05) is 37.1 Å². The Kier molecular flexibility index (Phi) is 2.28. The molecule has 1 aliphatic heterocycles. The van der Waals surface area contributed by atoms with Crippen LogP contribution in [0.25, 0.3) is 0 Å². The van der Waals surface area contributed by atoms with E-state index in [4.69, 9.17) is 0 Å². The SMILES string of the molecule is c1ccc2c(c1)CCNCC21CCCC1. The van der Waals surface area contributed by atoms with Crippen LogP contribution >= 0.6 is 0 Å². The fourth-order valence-corrected chi connectivity index (χ4v) is 3.40. The van der Waals surface area contributed by atoms with Gasteiger partial charge in [0.05, 0.1) is 0 Å². The summed E-state index contributed by atoms with van der Waals surface area (Å²) in [6, 6.07) is 9.09. The third kappa shape index (κ3) is 1.50. The predicted octanol–water partition coefficient (Wildman–Crippen LogP) is 2.64. The van der Waals surface area contributed by atoms with Crippen molar-refractivity contribution in [2.24, 2.45) is 0 Å². The highest BCUT2D eigenvalue weighted by Gasteiger charge is 2.37. The van der Waals surface area contributed by atoms with E-state index in [2.05, 4.69) is 29.6 Å². The molecule has 0 aromatic heterocycles. The first kappa shape index (κ1) is 9.41. The van der Waals surface area contributed by atoms with Gasteiger partial charge in [-0.05, 0) is 36.9 Å². The maximum Gasteiger partial charge on any atom is 0.00805 e. The Morgan fingerprint density at radius 3 is 2.73 bits per heavy atom. The Balaban J connectivity index is 2.09. The molecule has 1 saturated carbocycles. The van der Waals surface area contributed by atoms with Gasteiger partial charge in [0.2, 0.25) is 0 Å². The summed E-state index contributed by atoms with van der Waals surface area (Å²) in [5, 5.41) is 3.63. The minimum absolute atomic E-state index is 0.479. The van der Waals surface area contributed by atoms with Crippen molar-refractivity contribution >= 4 is 0 Å². The summed E-state index contributed by atoms with van der Waals surface area (Å²) in [5.74, 6) is 0. The number of benzene rings is 1. The smallest absolute Gasteiger partial charge is 0.00805 e. The van der Waals surface area contributed by atoms with E-state index in [1.807, 2.05) is 0 Å². The van der Waals surface area contributed by atoms with Crippen molar-refractivity contribution in [2.45, 2.75) is 37.5 Å². The Hall–Kier alpha value is -0.820. The lowest BCUT2D eigenvalue weighted by atomic mass is 9.77. The molecular formula is C14H19N. The van der Waals surface area contributed by atoms with E-state index < -0.39 is 0 Å². The maximum atomic E-state index is 3.63. The Labute approximate surface area is 91.9 Å². The van der Waals surface area contributed by atoms with Gasteiger partial charge in [0.25, 0.3) is 0 Å². The van der Waals surface area contributed by atoms with Crippen LogP contribution in [-0.4, -0.2) is 13.1 Å². The molecule has 1 nitrogen and oxygen atoms in total. The van der Waals surface area contributed by atoms with Gasteiger partial charge in [-0.2, -0.15) is 0 Å². The molecule has 0 saturated heterocycles. The maximum absolute atomic E-state index is 3.63. The molecule has 0 radical (unpaired) electrons. The summed E-state index contributed by atoms with van der Waals surface area (Å²) in [6.07, 6.45) is 6.80. The molecule has 1 heterocycles. The van der Waals surface area contributed by atoms with Crippen LogP contribution in [-0.2, 0) is 11.8 Å². The van der Waals surface area contributed by atoms with E-state index in [-0.39, 0.29) is 0 Å². The molecule has 1 aromatic rings. The Morgan fingerprint density at radius 2 is 1.87 bits per heavy atom. The van der Waals surface area contributed by atoms with Crippen molar-refractivity contribution in [2.75, 3.05) is 13.1 Å². The molecule has 1 heteroatoms. The van der Waals surface area contributed by atoms with E-state index in [0.717, 1.165) is 6.54 Å². The molecular weight excluding hydrogens is 182 g/mol. The first-order valence-electron chi connectivity index (χ1n) is 6.20. The van der Waals surface area contributed by atoms with Crippen LogP contribution in [0.5, 0.6) is 0 Å². The zero-order chi connectivity index (χ0) is 10.1. The standard InChI is InChI=1S/C14H19N/c1-2-6-13-12(5-1)7-10-15-11-14(13)8-3-4-9-14/h1-2,5-6,15H,3-4,7-11H2. The first-order chi connectivity index (χ1) is 7.41. The van der Waals surface area contributed by atoms with E-state index in [9.17, 15) is 0 Å². The topological polar surface area (TPSA) is 12.0 Å². The van der Waals surface area contributed by atoms with Crippen molar-refractivity contribution in [1.29, 1.82) is 0 Å². The summed E-state index contributed by atoms with van der Waals surface area (Å²) in [7, 11) is 0. The molecule has 0 atom stereocenters. The highest BCUT2D eigenvalue weighted by molar-refractivity contribution is 5.37. The van der Waals surface area contributed by atoms with Crippen molar-refractivity contribution in [3.63, 3.8) is 0 Å². The summed E-state index contributed by atoms with van der Waals surface area (Å²) in [5.41, 5.74) is 3.71. The number of nitrogens with one attached hydrogen (secondary N) is 1. The Morgan fingerprint density at radius 1 is 1.07 bits per heavy atom. The summed E-state index contributed by atoms with van der Waals surface area (Å²) in [6.45, 7) is 2.35. The van der Waals surface area contributed by atoms with Gasteiger partial charge in [0.1, 0.15) is 0 Å². The Bertz CT molecular complexity index is 350. The van der Waals surface area contributed by atoms with Crippen LogP contribution in [0.2, 0.25) is 0 Å². The lowest BCUT2D eigenvalue weighted by molar-refractivity contribution is 0.418. The number of fused-ring (bicyclic) bond motifs is 2. The predicted molar refractivity (Wildman–Crippen MR) is 63.2 cm³/mol. The van der Waals surface area contributed by atoms with Crippen molar-refractivity contribution in [3.05, 3.63) is 35.4 Å². The van der Waals surface area contributed by atoms with Crippen LogP contribution in [0.3, 0.4) is 0 Å². The van der Waals surface area contributed by atoms with E-state index in [1.165, 1.54) is 38.6 Å². The molecule has 1 aliphatic carbocycles. The largest absolute Gasteiger partial charge is 0.316 e. The molecule has 2 aliphatic rings. The number of rotatable bonds is 0. The minimum atomic E-state index is 0.479. The second-order valence-corrected chi connectivity index (χ2v) is 5.07. The van der Waals surface area contributed by atoms with Gasteiger partial charge in [-0.15, -0.1) is 0 Å². The molecule has 1 fully saturated rings. The van der Waals surface area contributed by atoms with E-state index in [0.29, 0.717) is 5.41 Å². The molecule has 1 spiro atoms. The molecule has 0 amide bonds. The zero-order valence-corrected chi connectivity index (χ0v) is 9.26. The summed E-state index contributed by atoms with van der Waals surface area (Å²) in [4.78, 5) is 0. The summed E-state index contributed by atoms with van der Waals surface area (Å²) < 4.78 is 0. The molecule has 3 rings (SSSR count). The van der Waals surface area contributed by atoms with Gasteiger partial charge in [0, 0.05) is 12.0 Å². The third-order valence-corrected chi connectivity index (χ3v) is 4.18. The molecule has 80 valence electrons. The van der Waals surface area contributed by atoms with Crippen LogP contribution < -0.4 is 5.32 Å². The monoisotopic (exact) mass is 201 g/mol. The second-order valence-electron chi connectivity index (χ2n) is 5.07. The molecule has 1 N–H and O–H groups in total. The third-order valence-electron chi connectivity index (χ3n) is 4.18. The van der Waals surface area contributed by atoms with Crippen molar-refractivity contribution < 1.29 is 0 Å². The average Bonchev–Trinajstić information content (AvgIpc) is 2.66. The molecule has 0 unspecified atom stereocenters. The van der Waals surface area contributed by atoms with Gasteiger partial charge < -0.3 is 5.32 Å². The lowest BCUT2D eigenvalue weighted by Gasteiger charge is -2.29. The fraction of sp³-hybridized carbons (Fsp3) is 0.571. The number of hydrogen-bond acceptors (Lipinski definition) is 1. The molecule has 1 aromatic carbocycles. The summed E-state index contributed by atoms with van der Waals surface area (Å²) >= 11 is 0. The highest BCUT2D eigenvalue weighted by Crippen LogP contribution is 2.42. The van der Waals surface area contributed by atoms with Gasteiger partial charge >= 0.3 is 0 Å². The second kappa shape index (κ2) is 3.64. The fourth-order valence-electron chi connectivity index (χ4n) is 3.40. The van der Waals surface area contributed by atoms with E-state index >= 15 is 0 Å². The van der Waals surface area contributed by atoms with Gasteiger partial charge in [-0.25, -0.2) is 0 Å². The van der Waals surface area contributed by atoms with Gasteiger partial charge in [0.15, 0.2) is 0 Å². The highest BCUT2D eigenvalue weighted by atomic mass is 14.9. The average molecular weight is 201 g/mol. The quantitative estimate of drug-likeness (QED) is 0.680. The number of hydrogen-bond donors (Lipinski definition) is 1. The van der Waals surface area contributed by atoms with Gasteiger partial charge in [-0.3, -0.25) is 0 Å². The zero-order valence-electron chi connectivity index (χ0n) is 9.26. The van der Waals surface area contributed by atoms with Crippen LogP contribution in [0, 0.1) is 0 Å². The lowest BCUT2D eigenvalue weighted by Crippen LogP contribution is -2.34. The van der Waals surface area contributed by atoms with Crippen LogP contribution in [0.15, 0.2) is 24.3 Å². The normalized spacial score (nSPS) is 23.7. The van der Waals surface area contributed by atoms with Crippen molar-refractivity contribution in [3.8, 4) is 0 Å². The van der Waals surface area contributed by atoms with Crippen LogP contribution in [0.1, 0.15) is 36.8 Å². The van der Waals surface area contributed by atoms with Crippen molar-refractivity contribution in [1.82, 2.24) is 5.32 Å². The van der Waals surface area contributed by atoms with E-state index in [1.54, 1.807) is 11.1 Å². The van der Waals surface area contributed by atoms with Crippen LogP contribution in [0.4, 0.5) is 0 Å². The first-order valence-corrected chi connectivity index (χ1v) is 6.20. The molecule has 15 heavy (non-hydrogen) atoms.